The molecule has 4 rings (SSSR count). The number of hydrogen-bond acceptors (Lipinski definition) is 5. The highest BCUT2D eigenvalue weighted by atomic mass is 16.6. The minimum atomic E-state index is -0.948. The van der Waals surface area contributed by atoms with Crippen molar-refractivity contribution in [2.24, 2.45) is 17.8 Å². The third-order valence-corrected chi connectivity index (χ3v) is 6.70. The monoisotopic (exact) mass is 336 g/mol. The zero-order chi connectivity index (χ0) is 17.5. The third kappa shape index (κ3) is 1.89. The second kappa shape index (κ2) is 4.83. The van der Waals surface area contributed by atoms with Gasteiger partial charge in [-0.2, -0.15) is 0 Å². The fourth-order valence-electron chi connectivity index (χ4n) is 5.62. The van der Waals surface area contributed by atoms with Crippen LogP contribution in [-0.4, -0.2) is 46.7 Å². The molecule has 3 heterocycles. The second-order valence-electron chi connectivity index (χ2n) is 8.96. The Morgan fingerprint density at radius 3 is 2.79 bits per heavy atom. The van der Waals surface area contributed by atoms with Gasteiger partial charge >= 0.3 is 5.97 Å². The first-order valence-electron chi connectivity index (χ1n) is 9.06. The summed E-state index contributed by atoms with van der Waals surface area (Å²) in [6.45, 7) is 12.8. The van der Waals surface area contributed by atoms with E-state index in [0.29, 0.717) is 30.9 Å². The number of rotatable bonds is 3. The summed E-state index contributed by atoms with van der Waals surface area (Å²) in [5.74, 6) is 0.0110. The van der Waals surface area contributed by atoms with Crippen LogP contribution in [0.4, 0.5) is 0 Å². The number of ether oxygens (including phenoxy) is 3. The van der Waals surface area contributed by atoms with Crippen LogP contribution >= 0.6 is 0 Å². The molecule has 24 heavy (non-hydrogen) atoms. The van der Waals surface area contributed by atoms with E-state index in [4.69, 9.17) is 14.2 Å². The molecule has 7 atom stereocenters. The van der Waals surface area contributed by atoms with Gasteiger partial charge in [-0.3, -0.25) is 0 Å². The molecule has 0 radical (unpaired) electrons. The lowest BCUT2D eigenvalue weighted by Gasteiger charge is -2.49. The van der Waals surface area contributed by atoms with E-state index in [9.17, 15) is 9.90 Å². The van der Waals surface area contributed by atoms with E-state index in [1.54, 1.807) is 0 Å². The molecule has 2 bridgehead atoms. The first-order chi connectivity index (χ1) is 11.1. The predicted octanol–water partition coefficient (Wildman–Crippen LogP) is 2.22. The summed E-state index contributed by atoms with van der Waals surface area (Å²) in [6, 6.07) is 0. The zero-order valence-electron chi connectivity index (χ0n) is 15.0. The molecule has 0 aromatic heterocycles. The van der Waals surface area contributed by atoms with Crippen LogP contribution < -0.4 is 0 Å². The van der Waals surface area contributed by atoms with Gasteiger partial charge in [0.15, 0.2) is 5.60 Å². The molecule has 0 amide bonds. The van der Waals surface area contributed by atoms with Crippen molar-refractivity contribution in [1.29, 1.82) is 0 Å². The lowest BCUT2D eigenvalue weighted by molar-refractivity contribution is -0.237. The summed E-state index contributed by atoms with van der Waals surface area (Å²) in [7, 11) is 0. The van der Waals surface area contributed by atoms with Crippen molar-refractivity contribution in [2.45, 2.75) is 76.0 Å². The molecule has 4 aliphatic rings. The first kappa shape index (κ1) is 16.6. The van der Waals surface area contributed by atoms with Crippen LogP contribution in [0.2, 0.25) is 0 Å². The van der Waals surface area contributed by atoms with Crippen LogP contribution in [0.25, 0.3) is 0 Å². The minimum Gasteiger partial charge on any atom is -0.455 e. The Hall–Kier alpha value is -0.910. The largest absolute Gasteiger partial charge is 0.455 e. The highest BCUT2D eigenvalue weighted by molar-refractivity contribution is 5.93. The van der Waals surface area contributed by atoms with E-state index in [1.165, 1.54) is 0 Å². The SMILES string of the molecule is C=C1C(=O)O[C@H]2[C@H]3[C@@H](CC[C@]3(C)O)[C@@]3(C)C[C@H](OCC(C)C)[C@@]12O3. The molecule has 4 fully saturated rings. The van der Waals surface area contributed by atoms with Crippen molar-refractivity contribution < 1.29 is 24.1 Å². The number of hydrogen-bond donors (Lipinski definition) is 1. The normalized spacial score (nSPS) is 52.6. The quantitative estimate of drug-likeness (QED) is 0.632. The molecule has 5 heteroatoms. The maximum atomic E-state index is 12.4. The third-order valence-electron chi connectivity index (χ3n) is 6.70. The van der Waals surface area contributed by atoms with E-state index in [2.05, 4.69) is 27.4 Å². The molecule has 1 N–H and O–H groups in total. The highest BCUT2D eigenvalue weighted by Gasteiger charge is 2.77. The number of carbonyl (C=O) groups is 1. The lowest BCUT2D eigenvalue weighted by atomic mass is 9.70. The Balaban J connectivity index is 1.79. The molecule has 1 saturated carbocycles. The van der Waals surface area contributed by atoms with Crippen molar-refractivity contribution >= 4 is 5.97 Å². The molecule has 5 nitrogen and oxygen atoms in total. The van der Waals surface area contributed by atoms with E-state index in [-0.39, 0.29) is 17.9 Å². The Bertz CT molecular complexity index is 597. The second-order valence-corrected chi connectivity index (χ2v) is 8.96. The minimum absolute atomic E-state index is 0.132. The van der Waals surface area contributed by atoms with E-state index in [1.807, 2.05) is 6.92 Å². The van der Waals surface area contributed by atoms with Gasteiger partial charge in [-0.25, -0.2) is 4.79 Å². The molecule has 3 saturated heterocycles. The molecule has 0 aromatic rings. The number of fused-ring (bicyclic) bond motifs is 4. The molecular weight excluding hydrogens is 308 g/mol. The van der Waals surface area contributed by atoms with Gasteiger partial charge in [-0.1, -0.05) is 20.4 Å². The first-order valence-corrected chi connectivity index (χ1v) is 9.06. The molecule has 0 unspecified atom stereocenters. The van der Waals surface area contributed by atoms with Crippen LogP contribution in [0.1, 0.15) is 47.0 Å². The van der Waals surface area contributed by atoms with Crippen molar-refractivity contribution in [3.05, 3.63) is 12.2 Å². The Labute approximate surface area is 143 Å². The summed E-state index contributed by atoms with van der Waals surface area (Å²) < 4.78 is 18.5. The van der Waals surface area contributed by atoms with E-state index in [0.717, 1.165) is 6.42 Å². The summed E-state index contributed by atoms with van der Waals surface area (Å²) in [4.78, 5) is 12.4. The van der Waals surface area contributed by atoms with Crippen molar-refractivity contribution in [3.8, 4) is 0 Å². The Kier molecular flexibility index (Phi) is 3.33. The smallest absolute Gasteiger partial charge is 0.337 e. The average molecular weight is 336 g/mol. The van der Waals surface area contributed by atoms with Crippen molar-refractivity contribution in [1.82, 2.24) is 0 Å². The van der Waals surface area contributed by atoms with Crippen LogP contribution in [0.15, 0.2) is 12.2 Å². The topological polar surface area (TPSA) is 65.0 Å². The van der Waals surface area contributed by atoms with Gasteiger partial charge in [-0.15, -0.1) is 0 Å². The van der Waals surface area contributed by atoms with Crippen molar-refractivity contribution in [3.63, 3.8) is 0 Å². The van der Waals surface area contributed by atoms with Crippen molar-refractivity contribution in [2.75, 3.05) is 6.61 Å². The molecular formula is C19H28O5. The fourth-order valence-corrected chi connectivity index (χ4v) is 5.62. The summed E-state index contributed by atoms with van der Waals surface area (Å²) in [6.07, 6.45) is 1.53. The van der Waals surface area contributed by atoms with E-state index >= 15 is 0 Å². The van der Waals surface area contributed by atoms with Crippen LogP contribution in [-0.2, 0) is 19.0 Å². The van der Waals surface area contributed by atoms with Crippen LogP contribution in [0.5, 0.6) is 0 Å². The van der Waals surface area contributed by atoms with Gasteiger partial charge in [0.1, 0.15) is 6.10 Å². The highest BCUT2D eigenvalue weighted by Crippen LogP contribution is 2.65. The predicted molar refractivity (Wildman–Crippen MR) is 87.3 cm³/mol. The average Bonchev–Trinajstić information content (AvgIpc) is 3.03. The number of esters is 1. The lowest BCUT2D eigenvalue weighted by Crippen LogP contribution is -2.62. The van der Waals surface area contributed by atoms with Crippen LogP contribution in [0, 0.1) is 17.8 Å². The number of carbonyl (C=O) groups excluding carboxylic acids is 1. The molecule has 134 valence electrons. The van der Waals surface area contributed by atoms with Gasteiger partial charge < -0.3 is 19.3 Å². The Morgan fingerprint density at radius 1 is 1.42 bits per heavy atom. The molecule has 1 aliphatic carbocycles. The summed E-state index contributed by atoms with van der Waals surface area (Å²) >= 11 is 0. The van der Waals surface area contributed by atoms with Crippen LogP contribution in [0.3, 0.4) is 0 Å². The Morgan fingerprint density at radius 2 is 2.12 bits per heavy atom. The van der Waals surface area contributed by atoms with Gasteiger partial charge in [0.2, 0.25) is 0 Å². The summed E-state index contributed by atoms with van der Waals surface area (Å²) in [5.41, 5.74) is -1.87. The summed E-state index contributed by atoms with van der Waals surface area (Å²) in [5, 5.41) is 11.0. The maximum Gasteiger partial charge on any atom is 0.337 e. The van der Waals surface area contributed by atoms with Gasteiger partial charge in [0.05, 0.1) is 22.9 Å². The molecule has 1 spiro atoms. The maximum absolute atomic E-state index is 12.4. The fraction of sp³-hybridized carbons (Fsp3) is 0.842. The standard InChI is InChI=1S/C19H28O5/c1-10(2)9-22-13-8-18(5)12-6-7-17(4,21)14(12)15-19(13,24-18)11(3)16(20)23-15/h10,12-15,21H,3,6-9H2,1-2,4-5H3/t12-,13+,14-,15+,17+,18-,19+/m1/s1. The van der Waals surface area contributed by atoms with Gasteiger partial charge in [0.25, 0.3) is 0 Å². The molecule has 3 aliphatic heterocycles. The molecule has 0 aromatic carbocycles. The van der Waals surface area contributed by atoms with Gasteiger partial charge in [0, 0.05) is 18.9 Å². The van der Waals surface area contributed by atoms with Gasteiger partial charge in [-0.05, 0) is 38.5 Å². The number of aliphatic hydroxyl groups is 1. The van der Waals surface area contributed by atoms with E-state index < -0.39 is 28.9 Å². The zero-order valence-corrected chi connectivity index (χ0v) is 15.0.